The maximum Gasteiger partial charge on any atom is 0.496 e. The van der Waals surface area contributed by atoms with Crippen LogP contribution in [-0.2, 0) is 9.31 Å². The Morgan fingerprint density at radius 2 is 1.06 bits per heavy atom. The quantitative estimate of drug-likeness (QED) is 0.352. The normalized spacial score (nSPS) is 16.6. The lowest BCUT2D eigenvalue weighted by atomic mass is 9.78. The highest BCUT2D eigenvalue weighted by Crippen LogP contribution is 2.37. The molecule has 5 rings (SSSR count). The summed E-state index contributed by atoms with van der Waals surface area (Å²) in [7, 11) is -0.537. The summed E-state index contributed by atoms with van der Waals surface area (Å²) in [6.45, 7) is 8.10. The lowest BCUT2D eigenvalue weighted by Gasteiger charge is -2.32. The molecule has 0 amide bonds. The summed E-state index contributed by atoms with van der Waals surface area (Å²) in [6.07, 6.45) is 0. The highest BCUT2D eigenvalue weighted by molar-refractivity contribution is 6.65. The molecule has 0 unspecified atom stereocenters. The first-order valence-corrected chi connectivity index (χ1v) is 11.6. The molecule has 5 nitrogen and oxygen atoms in total. The van der Waals surface area contributed by atoms with Crippen LogP contribution in [0.2, 0.25) is 5.02 Å². The molecule has 0 aliphatic carbocycles. The van der Waals surface area contributed by atoms with Crippen molar-refractivity contribution in [3.05, 3.63) is 83.9 Å². The van der Waals surface area contributed by atoms with Crippen LogP contribution in [0, 0.1) is 0 Å². The van der Waals surface area contributed by atoms with E-state index < -0.39 is 18.3 Å². The lowest BCUT2D eigenvalue weighted by Crippen LogP contribution is -2.41. The Morgan fingerprint density at radius 3 is 1.50 bits per heavy atom. The van der Waals surface area contributed by atoms with Gasteiger partial charge in [0.2, 0.25) is 0 Å². The van der Waals surface area contributed by atoms with Crippen LogP contribution in [-0.4, -0.2) is 33.3 Å². The zero-order valence-electron chi connectivity index (χ0n) is 19.6. The third-order valence-corrected chi connectivity index (χ3v) is 6.79. The molecular formula is C27H25BClN3O2. The Labute approximate surface area is 205 Å². The zero-order valence-corrected chi connectivity index (χ0v) is 20.4. The molecule has 1 aromatic heterocycles. The summed E-state index contributed by atoms with van der Waals surface area (Å²) in [4.78, 5) is 14.3. The van der Waals surface area contributed by atoms with Crippen molar-refractivity contribution in [3.63, 3.8) is 0 Å². The molecule has 0 saturated carbocycles. The number of benzene rings is 3. The van der Waals surface area contributed by atoms with E-state index in [1.807, 2.05) is 107 Å². The number of aromatic nitrogens is 3. The fourth-order valence-electron chi connectivity index (χ4n) is 3.77. The van der Waals surface area contributed by atoms with Gasteiger partial charge in [0.05, 0.1) is 11.2 Å². The van der Waals surface area contributed by atoms with Gasteiger partial charge in [0.1, 0.15) is 0 Å². The van der Waals surface area contributed by atoms with Crippen molar-refractivity contribution in [1.29, 1.82) is 0 Å². The van der Waals surface area contributed by atoms with Gasteiger partial charge in [-0.15, -0.1) is 0 Å². The predicted molar refractivity (Wildman–Crippen MR) is 137 cm³/mol. The van der Waals surface area contributed by atoms with Crippen LogP contribution in [0.5, 0.6) is 0 Å². The minimum atomic E-state index is -0.537. The standard InChI is InChI=1S/C27H25BClN3O2/c1-26(2)27(3,4)34-28(33-26)21-16-15-20(17-22(21)29)25-31-23(18-11-7-5-8-12-18)30-24(32-25)19-13-9-6-10-14-19/h5-17H,1-4H3. The molecule has 1 aliphatic rings. The van der Waals surface area contributed by atoms with Gasteiger partial charge in [-0.2, -0.15) is 0 Å². The summed E-state index contributed by atoms with van der Waals surface area (Å²) >= 11 is 6.73. The Bertz CT molecular complexity index is 1260. The Kier molecular flexibility index (Phi) is 5.76. The molecule has 1 aliphatic heterocycles. The third kappa shape index (κ3) is 4.25. The Hall–Kier alpha value is -3.06. The Balaban J connectivity index is 1.56. The molecule has 0 atom stereocenters. The van der Waals surface area contributed by atoms with Gasteiger partial charge in [-0.05, 0) is 33.8 Å². The maximum absolute atomic E-state index is 6.73. The number of halogens is 1. The molecule has 0 bridgehead atoms. The molecule has 170 valence electrons. The summed E-state index contributed by atoms with van der Waals surface area (Å²) < 4.78 is 12.4. The van der Waals surface area contributed by atoms with E-state index in [0.29, 0.717) is 22.5 Å². The molecule has 0 N–H and O–H groups in total. The SMILES string of the molecule is CC1(C)OB(c2ccc(-c3nc(-c4ccccc4)nc(-c4ccccc4)n3)cc2Cl)OC1(C)C. The van der Waals surface area contributed by atoms with Crippen molar-refractivity contribution >= 4 is 24.2 Å². The fourth-order valence-corrected chi connectivity index (χ4v) is 4.03. The highest BCUT2D eigenvalue weighted by Gasteiger charge is 2.52. The van der Waals surface area contributed by atoms with Gasteiger partial charge < -0.3 is 9.31 Å². The van der Waals surface area contributed by atoms with E-state index in [-0.39, 0.29) is 0 Å². The summed E-state index contributed by atoms with van der Waals surface area (Å²) in [5.41, 5.74) is 2.53. The summed E-state index contributed by atoms with van der Waals surface area (Å²) in [5.74, 6) is 1.77. The third-order valence-electron chi connectivity index (χ3n) is 6.47. The van der Waals surface area contributed by atoms with Crippen molar-refractivity contribution in [2.75, 3.05) is 0 Å². The average molecular weight is 470 g/mol. The predicted octanol–water partition coefficient (Wildman–Crippen LogP) is 5.83. The Morgan fingerprint density at radius 1 is 0.618 bits per heavy atom. The highest BCUT2D eigenvalue weighted by atomic mass is 35.5. The van der Waals surface area contributed by atoms with Crippen LogP contribution in [0.25, 0.3) is 34.2 Å². The van der Waals surface area contributed by atoms with Gasteiger partial charge in [0, 0.05) is 27.2 Å². The molecule has 1 fully saturated rings. The van der Waals surface area contributed by atoms with Crippen LogP contribution >= 0.6 is 11.6 Å². The van der Waals surface area contributed by atoms with Crippen molar-refractivity contribution in [2.45, 2.75) is 38.9 Å². The number of rotatable bonds is 4. The summed E-state index contributed by atoms with van der Waals surface area (Å²) in [6, 6.07) is 25.5. The fraction of sp³-hybridized carbons (Fsp3) is 0.222. The molecular weight excluding hydrogens is 445 g/mol. The van der Waals surface area contributed by atoms with E-state index in [4.69, 9.17) is 35.9 Å². The van der Waals surface area contributed by atoms with Crippen LogP contribution in [0.1, 0.15) is 27.7 Å². The van der Waals surface area contributed by atoms with Gasteiger partial charge in [-0.1, -0.05) is 84.4 Å². The number of nitrogens with zero attached hydrogens (tertiary/aromatic N) is 3. The van der Waals surface area contributed by atoms with Crippen molar-refractivity contribution in [3.8, 4) is 34.2 Å². The van der Waals surface area contributed by atoms with Crippen molar-refractivity contribution in [2.24, 2.45) is 0 Å². The molecule has 1 saturated heterocycles. The van der Waals surface area contributed by atoms with Gasteiger partial charge in [-0.3, -0.25) is 0 Å². The molecule has 7 heteroatoms. The monoisotopic (exact) mass is 469 g/mol. The van der Waals surface area contributed by atoms with Crippen LogP contribution in [0.3, 0.4) is 0 Å². The largest absolute Gasteiger partial charge is 0.496 e. The van der Waals surface area contributed by atoms with E-state index in [2.05, 4.69) is 0 Å². The van der Waals surface area contributed by atoms with E-state index in [9.17, 15) is 0 Å². The second kappa shape index (κ2) is 8.62. The molecule has 0 spiro atoms. The van der Waals surface area contributed by atoms with E-state index >= 15 is 0 Å². The second-order valence-electron chi connectivity index (χ2n) is 9.36. The lowest BCUT2D eigenvalue weighted by molar-refractivity contribution is 0.00578. The maximum atomic E-state index is 6.73. The first-order chi connectivity index (χ1) is 16.2. The molecule has 4 aromatic rings. The van der Waals surface area contributed by atoms with Crippen molar-refractivity contribution < 1.29 is 9.31 Å². The minimum Gasteiger partial charge on any atom is -0.399 e. The van der Waals surface area contributed by atoms with Crippen molar-refractivity contribution in [1.82, 2.24) is 15.0 Å². The van der Waals surface area contributed by atoms with Crippen LogP contribution in [0.15, 0.2) is 78.9 Å². The van der Waals surface area contributed by atoms with E-state index in [0.717, 1.165) is 22.2 Å². The van der Waals surface area contributed by atoms with Gasteiger partial charge in [-0.25, -0.2) is 15.0 Å². The zero-order chi connectivity index (χ0) is 23.9. The second-order valence-corrected chi connectivity index (χ2v) is 9.77. The smallest absolute Gasteiger partial charge is 0.399 e. The van der Waals surface area contributed by atoms with Crippen LogP contribution < -0.4 is 5.46 Å². The van der Waals surface area contributed by atoms with Gasteiger partial charge >= 0.3 is 7.12 Å². The van der Waals surface area contributed by atoms with E-state index in [1.165, 1.54) is 0 Å². The summed E-state index contributed by atoms with van der Waals surface area (Å²) in [5, 5.41) is 0.541. The minimum absolute atomic E-state index is 0.441. The topological polar surface area (TPSA) is 57.1 Å². The van der Waals surface area contributed by atoms with E-state index in [1.54, 1.807) is 0 Å². The molecule has 0 radical (unpaired) electrons. The molecule has 2 heterocycles. The first kappa shape index (κ1) is 22.7. The molecule has 3 aromatic carbocycles. The molecule has 34 heavy (non-hydrogen) atoms. The number of hydrogen-bond acceptors (Lipinski definition) is 5. The van der Waals surface area contributed by atoms with Gasteiger partial charge in [0.25, 0.3) is 0 Å². The van der Waals surface area contributed by atoms with Crippen LogP contribution in [0.4, 0.5) is 0 Å². The average Bonchev–Trinajstić information content (AvgIpc) is 3.06. The van der Waals surface area contributed by atoms with Gasteiger partial charge in [0.15, 0.2) is 17.5 Å². The first-order valence-electron chi connectivity index (χ1n) is 11.3. The number of hydrogen-bond donors (Lipinski definition) is 0.